The van der Waals surface area contributed by atoms with E-state index in [-0.39, 0.29) is 30.3 Å². The lowest BCUT2D eigenvalue weighted by Crippen LogP contribution is -2.66. The van der Waals surface area contributed by atoms with Crippen LogP contribution in [0.2, 0.25) is 5.04 Å². The van der Waals surface area contributed by atoms with Crippen LogP contribution in [0, 0.1) is 18.8 Å². The molecule has 1 aromatic heterocycles. The molecule has 6 nitrogen and oxygen atoms in total. The monoisotopic (exact) mass is 686 g/mol. The number of aliphatic hydroxyl groups is 1. The van der Waals surface area contributed by atoms with Crippen LogP contribution in [0.25, 0.3) is 11.0 Å². The molecule has 4 rings (SSSR count). The van der Waals surface area contributed by atoms with Crippen LogP contribution in [0.5, 0.6) is 11.5 Å². The smallest absolute Gasteiger partial charge is 0.261 e. The van der Waals surface area contributed by atoms with Crippen molar-refractivity contribution in [1.82, 2.24) is 0 Å². The molecule has 0 unspecified atom stereocenters. The summed E-state index contributed by atoms with van der Waals surface area (Å²) in [4.78, 5) is 0. The highest BCUT2D eigenvalue weighted by atomic mass is 28.4. The number of hydrogen-bond donors (Lipinski definition) is 1. The third-order valence-corrected chi connectivity index (χ3v) is 14.7. The fourth-order valence-electron chi connectivity index (χ4n) is 7.37. The van der Waals surface area contributed by atoms with E-state index < -0.39 is 8.32 Å². The van der Waals surface area contributed by atoms with Gasteiger partial charge >= 0.3 is 0 Å². The molecule has 1 N–H and O–H groups in total. The second kappa shape index (κ2) is 17.5. The molecule has 4 aromatic rings. The second-order valence-electron chi connectivity index (χ2n) is 14.7. The molecule has 0 bridgehead atoms. The fourth-order valence-corrected chi connectivity index (χ4v) is 12.0. The zero-order valence-electron chi connectivity index (χ0n) is 31.2. The Balaban J connectivity index is 1.37. The molecule has 1 heterocycles. The summed E-state index contributed by atoms with van der Waals surface area (Å²) in [6.07, 6.45) is 6.10. The standard InChI is InChI=1S/C42H58O6Si/c1-30(17-16-22-47-49(42(5,6)7,36-18-12-10-13-19-36)37-20-14-11-15-21-37)23-31(2)24-34(28-43)25-32(3)38-26-35-27-39(46-29-44-8)41(45-9)33(4)40(35)48-38/h10-15,18-21,23,26-27,30,32,34,43H,16-17,22,24-25,28-29H2,1-9H3/b31-23+/t30-,32-,34+/m0/s1. The number of furan rings is 1. The molecule has 3 atom stereocenters. The van der Waals surface area contributed by atoms with Crippen molar-refractivity contribution in [2.45, 2.75) is 85.1 Å². The van der Waals surface area contributed by atoms with Gasteiger partial charge in [0.1, 0.15) is 11.3 Å². The van der Waals surface area contributed by atoms with Gasteiger partial charge < -0.3 is 28.2 Å². The van der Waals surface area contributed by atoms with Crippen molar-refractivity contribution in [3.8, 4) is 11.5 Å². The van der Waals surface area contributed by atoms with Crippen LogP contribution in [0.1, 0.15) is 84.5 Å². The molecule has 0 aliphatic heterocycles. The summed E-state index contributed by atoms with van der Waals surface area (Å²) < 4.78 is 29.9. The van der Waals surface area contributed by atoms with Gasteiger partial charge in [0.15, 0.2) is 18.3 Å². The second-order valence-corrected chi connectivity index (χ2v) is 19.0. The Labute approximate surface area is 295 Å². The number of aliphatic hydroxyl groups excluding tert-OH is 1. The van der Waals surface area contributed by atoms with Gasteiger partial charge in [0.2, 0.25) is 0 Å². The average Bonchev–Trinajstić information content (AvgIpc) is 3.52. The first-order valence-corrected chi connectivity index (χ1v) is 19.6. The Hall–Kier alpha value is -3.36. The van der Waals surface area contributed by atoms with Gasteiger partial charge in [-0.15, -0.1) is 0 Å². The maximum atomic E-state index is 10.4. The van der Waals surface area contributed by atoms with E-state index in [1.165, 1.54) is 15.9 Å². The van der Waals surface area contributed by atoms with Gasteiger partial charge in [0.05, 0.1) is 7.11 Å². The molecule has 7 heteroatoms. The highest BCUT2D eigenvalue weighted by molar-refractivity contribution is 6.99. The highest BCUT2D eigenvalue weighted by Crippen LogP contribution is 2.41. The van der Waals surface area contributed by atoms with E-state index in [1.54, 1.807) is 14.2 Å². The zero-order chi connectivity index (χ0) is 35.6. The van der Waals surface area contributed by atoms with Crippen LogP contribution < -0.4 is 19.8 Å². The normalized spacial score (nSPS) is 14.5. The number of benzene rings is 3. The van der Waals surface area contributed by atoms with Gasteiger partial charge in [0.25, 0.3) is 8.32 Å². The molecule has 49 heavy (non-hydrogen) atoms. The van der Waals surface area contributed by atoms with Crippen molar-refractivity contribution in [1.29, 1.82) is 0 Å². The topological polar surface area (TPSA) is 70.3 Å². The van der Waals surface area contributed by atoms with Gasteiger partial charge in [-0.25, -0.2) is 0 Å². The summed E-state index contributed by atoms with van der Waals surface area (Å²) in [5.41, 5.74) is 3.01. The van der Waals surface area contributed by atoms with Crippen LogP contribution in [-0.2, 0) is 9.16 Å². The van der Waals surface area contributed by atoms with Crippen LogP contribution >= 0.6 is 0 Å². The predicted octanol–water partition coefficient (Wildman–Crippen LogP) is 9.16. The summed E-state index contributed by atoms with van der Waals surface area (Å²) in [6.45, 7) is 16.6. The first kappa shape index (κ1) is 38.4. The number of methoxy groups -OCH3 is 2. The quantitative estimate of drug-likeness (QED) is 0.0487. The molecule has 266 valence electrons. The molecule has 3 aromatic carbocycles. The lowest BCUT2D eigenvalue weighted by atomic mass is 9.88. The summed E-state index contributed by atoms with van der Waals surface area (Å²) in [5.74, 6) is 2.88. The maximum absolute atomic E-state index is 10.4. The van der Waals surface area contributed by atoms with Gasteiger partial charge in [0, 0.05) is 37.2 Å². The Morgan fingerprint density at radius 3 is 2.14 bits per heavy atom. The SMILES string of the molecule is COCOc1cc2cc([C@@H](C)C[C@H](CO)C/C(C)=C/[C@@H](C)CCCO[Si](c3ccccc3)(c3ccccc3)C(C)(C)C)oc2c(C)c1OC. The van der Waals surface area contributed by atoms with E-state index in [9.17, 15) is 5.11 Å². The van der Waals surface area contributed by atoms with Crippen molar-refractivity contribution < 1.29 is 28.2 Å². The van der Waals surface area contributed by atoms with E-state index in [2.05, 4.69) is 114 Å². The van der Waals surface area contributed by atoms with E-state index in [0.29, 0.717) is 17.4 Å². The third-order valence-electron chi connectivity index (χ3n) is 9.66. The number of allylic oxidation sites excluding steroid dienone is 2. The van der Waals surface area contributed by atoms with Crippen LogP contribution in [0.3, 0.4) is 0 Å². The Kier molecular flexibility index (Phi) is 13.7. The molecule has 0 aliphatic carbocycles. The van der Waals surface area contributed by atoms with Gasteiger partial charge in [-0.2, -0.15) is 0 Å². The molecule has 0 aliphatic rings. The minimum absolute atomic E-state index is 0.0241. The number of aryl methyl sites for hydroxylation is 1. The summed E-state index contributed by atoms with van der Waals surface area (Å²) in [5, 5.41) is 13.9. The Bertz CT molecular complexity index is 1580. The average molecular weight is 687 g/mol. The number of ether oxygens (including phenoxy) is 3. The van der Waals surface area contributed by atoms with Gasteiger partial charge in [-0.1, -0.05) is 107 Å². The molecule has 0 radical (unpaired) electrons. The Morgan fingerprint density at radius 1 is 0.959 bits per heavy atom. The molecular formula is C42H58O6Si. The molecular weight excluding hydrogens is 629 g/mol. The lowest BCUT2D eigenvalue weighted by Gasteiger charge is -2.43. The predicted molar refractivity (Wildman–Crippen MR) is 204 cm³/mol. The van der Waals surface area contributed by atoms with Crippen molar-refractivity contribution in [2.75, 3.05) is 34.2 Å². The van der Waals surface area contributed by atoms with Gasteiger partial charge in [-0.05, 0) is 78.9 Å². The van der Waals surface area contributed by atoms with Crippen molar-refractivity contribution in [2.24, 2.45) is 11.8 Å². The fraction of sp³-hybridized carbons (Fsp3) is 0.476. The van der Waals surface area contributed by atoms with Crippen LogP contribution in [-0.4, -0.2) is 47.7 Å². The lowest BCUT2D eigenvalue weighted by molar-refractivity contribution is 0.0492. The molecule has 0 amide bonds. The van der Waals surface area contributed by atoms with Crippen molar-refractivity contribution >= 4 is 29.7 Å². The molecule has 0 fully saturated rings. The summed E-state index contributed by atoms with van der Waals surface area (Å²) in [7, 11) is 0.708. The van der Waals surface area contributed by atoms with Crippen molar-refractivity contribution in [3.63, 3.8) is 0 Å². The first-order valence-electron chi connectivity index (χ1n) is 17.7. The summed E-state index contributed by atoms with van der Waals surface area (Å²) >= 11 is 0. The minimum atomic E-state index is -2.52. The van der Waals surface area contributed by atoms with E-state index in [4.69, 9.17) is 23.1 Å². The number of hydrogen-bond acceptors (Lipinski definition) is 6. The molecule has 0 spiro atoms. The number of fused-ring (bicyclic) bond motifs is 1. The Morgan fingerprint density at radius 2 is 1.59 bits per heavy atom. The van der Waals surface area contributed by atoms with Gasteiger partial charge in [-0.3, -0.25) is 0 Å². The first-order chi connectivity index (χ1) is 23.4. The van der Waals surface area contributed by atoms with E-state index in [0.717, 1.165) is 54.6 Å². The number of rotatable bonds is 18. The van der Waals surface area contributed by atoms with Crippen molar-refractivity contribution in [3.05, 3.63) is 95.8 Å². The summed E-state index contributed by atoms with van der Waals surface area (Å²) in [6, 6.07) is 25.7. The third kappa shape index (κ3) is 9.25. The highest BCUT2D eigenvalue weighted by Gasteiger charge is 2.49. The maximum Gasteiger partial charge on any atom is 0.261 e. The van der Waals surface area contributed by atoms with E-state index >= 15 is 0 Å². The van der Waals surface area contributed by atoms with Crippen LogP contribution in [0.4, 0.5) is 0 Å². The largest absolute Gasteiger partial charge is 0.492 e. The van der Waals surface area contributed by atoms with Crippen LogP contribution in [0.15, 0.2) is 88.9 Å². The molecule has 0 saturated heterocycles. The minimum Gasteiger partial charge on any atom is -0.492 e. The zero-order valence-corrected chi connectivity index (χ0v) is 32.2. The molecule has 0 saturated carbocycles. The van der Waals surface area contributed by atoms with E-state index in [1.807, 2.05) is 13.0 Å².